The van der Waals surface area contributed by atoms with E-state index in [1.165, 1.54) is 29.0 Å². The number of rotatable bonds is 3. The molecule has 9 heteroatoms. The van der Waals surface area contributed by atoms with Crippen molar-refractivity contribution in [3.05, 3.63) is 91.3 Å². The number of aromatic nitrogens is 2. The first-order chi connectivity index (χ1) is 15.3. The monoisotopic (exact) mass is 473 g/mol. The highest BCUT2D eigenvalue weighted by molar-refractivity contribution is 7.71. The molecule has 1 aliphatic heterocycles. The smallest absolute Gasteiger partial charge is 0.323 e. The highest BCUT2D eigenvalue weighted by atomic mass is 32.1. The molecular weight excluding hydrogens is 455 g/mol. The van der Waals surface area contributed by atoms with Crippen molar-refractivity contribution in [2.24, 2.45) is 0 Å². The Bertz CT molecular complexity index is 1420. The van der Waals surface area contributed by atoms with Gasteiger partial charge in [0.1, 0.15) is 4.83 Å². The molecule has 0 saturated carbocycles. The lowest BCUT2D eigenvalue weighted by Crippen LogP contribution is -2.30. The molecule has 0 radical (unpaired) electrons. The first kappa shape index (κ1) is 21.1. The molecule has 0 saturated heterocycles. The van der Waals surface area contributed by atoms with E-state index in [9.17, 15) is 18.0 Å². The first-order valence-electron chi connectivity index (χ1n) is 10.0. The van der Waals surface area contributed by atoms with Crippen LogP contribution in [0.5, 0.6) is 0 Å². The van der Waals surface area contributed by atoms with Crippen molar-refractivity contribution in [3.63, 3.8) is 0 Å². The van der Waals surface area contributed by atoms with Crippen LogP contribution in [0.2, 0.25) is 0 Å². The second-order valence-corrected chi connectivity index (χ2v) is 9.26. The average Bonchev–Trinajstić information content (AvgIpc) is 3.11. The number of benzene rings is 2. The minimum absolute atomic E-state index is 0.0848. The summed E-state index contributed by atoms with van der Waals surface area (Å²) in [6.45, 7) is 2.33. The minimum Gasteiger partial charge on any atom is -0.323 e. The Morgan fingerprint density at radius 3 is 2.62 bits per heavy atom. The average molecular weight is 474 g/mol. The SMILES string of the molecule is O=c1c2c3c(sc2[nH]c(=S)n1-c1cccc(C(F)(F)F)c1)CN(Cc1ccccc1)CC3. The Morgan fingerprint density at radius 1 is 1.09 bits per heavy atom. The van der Waals surface area contributed by atoms with E-state index in [0.29, 0.717) is 23.2 Å². The van der Waals surface area contributed by atoms with Crippen molar-refractivity contribution in [2.45, 2.75) is 25.7 Å². The molecule has 0 fully saturated rings. The molecule has 0 amide bonds. The van der Waals surface area contributed by atoms with Crippen molar-refractivity contribution in [3.8, 4) is 5.69 Å². The van der Waals surface area contributed by atoms with Gasteiger partial charge in [-0.2, -0.15) is 13.2 Å². The van der Waals surface area contributed by atoms with Gasteiger partial charge in [-0.25, -0.2) is 0 Å². The molecule has 2 aromatic carbocycles. The molecule has 164 valence electrons. The van der Waals surface area contributed by atoms with Gasteiger partial charge in [-0.15, -0.1) is 11.3 Å². The maximum absolute atomic E-state index is 13.4. The fourth-order valence-electron chi connectivity index (χ4n) is 4.16. The van der Waals surface area contributed by atoms with E-state index >= 15 is 0 Å². The summed E-state index contributed by atoms with van der Waals surface area (Å²) in [6.07, 6.45) is -3.80. The molecule has 1 aliphatic rings. The van der Waals surface area contributed by atoms with Gasteiger partial charge in [0.15, 0.2) is 4.77 Å². The molecule has 5 rings (SSSR count). The third-order valence-corrected chi connectivity index (χ3v) is 7.07. The number of hydrogen-bond donors (Lipinski definition) is 1. The fourth-order valence-corrected chi connectivity index (χ4v) is 5.80. The number of thiophene rings is 1. The lowest BCUT2D eigenvalue weighted by Gasteiger charge is -2.26. The number of halogens is 3. The molecule has 4 aromatic rings. The lowest BCUT2D eigenvalue weighted by molar-refractivity contribution is -0.137. The van der Waals surface area contributed by atoms with Crippen molar-refractivity contribution >= 4 is 33.8 Å². The minimum atomic E-state index is -4.50. The molecule has 0 atom stereocenters. The number of fused-ring (bicyclic) bond motifs is 3. The molecule has 0 unspecified atom stereocenters. The van der Waals surface area contributed by atoms with Gasteiger partial charge in [-0.3, -0.25) is 14.3 Å². The summed E-state index contributed by atoms with van der Waals surface area (Å²) < 4.78 is 40.8. The Balaban J connectivity index is 1.56. The zero-order valence-electron chi connectivity index (χ0n) is 16.8. The molecule has 2 aromatic heterocycles. The van der Waals surface area contributed by atoms with Gasteiger partial charge in [0.05, 0.1) is 16.6 Å². The van der Waals surface area contributed by atoms with E-state index in [1.54, 1.807) is 0 Å². The Labute approximate surface area is 190 Å². The Morgan fingerprint density at radius 2 is 1.88 bits per heavy atom. The standard InChI is InChI=1S/C23H18F3N3OS2/c24-23(25,26)15-7-4-8-16(11-15)29-21(30)19-17-9-10-28(12-14-5-2-1-3-6-14)13-18(17)32-20(19)27-22(29)31/h1-8,11H,9-10,12-13H2,(H,27,31). The fraction of sp³-hybridized carbons (Fsp3) is 0.217. The summed E-state index contributed by atoms with van der Waals surface area (Å²) in [5.74, 6) is 0. The van der Waals surface area contributed by atoms with Gasteiger partial charge >= 0.3 is 6.18 Å². The number of nitrogens with zero attached hydrogens (tertiary/aromatic N) is 2. The van der Waals surface area contributed by atoms with Crippen LogP contribution in [0, 0.1) is 4.77 Å². The maximum atomic E-state index is 13.4. The molecule has 0 bridgehead atoms. The topological polar surface area (TPSA) is 41.0 Å². The molecule has 0 spiro atoms. The van der Waals surface area contributed by atoms with E-state index in [0.717, 1.165) is 40.2 Å². The molecule has 32 heavy (non-hydrogen) atoms. The number of alkyl halides is 3. The maximum Gasteiger partial charge on any atom is 0.416 e. The summed E-state index contributed by atoms with van der Waals surface area (Å²) in [6, 6.07) is 14.9. The van der Waals surface area contributed by atoms with Crippen molar-refractivity contribution in [2.75, 3.05) is 6.54 Å². The highest BCUT2D eigenvalue weighted by Crippen LogP contribution is 2.34. The second kappa shape index (κ2) is 7.99. The Kier molecular flexibility index (Phi) is 5.27. The summed E-state index contributed by atoms with van der Waals surface area (Å²) in [4.78, 5) is 20.6. The number of nitrogens with one attached hydrogen (secondary N) is 1. The van der Waals surface area contributed by atoms with Crippen LogP contribution in [0.15, 0.2) is 59.4 Å². The zero-order valence-corrected chi connectivity index (χ0v) is 18.4. The van der Waals surface area contributed by atoms with Crippen LogP contribution in [0.1, 0.15) is 21.6 Å². The van der Waals surface area contributed by atoms with Gasteiger partial charge in [-0.05, 0) is 48.0 Å². The normalized spacial score (nSPS) is 14.6. The van der Waals surface area contributed by atoms with E-state index in [4.69, 9.17) is 12.2 Å². The summed E-state index contributed by atoms with van der Waals surface area (Å²) >= 11 is 6.86. The van der Waals surface area contributed by atoms with Crippen LogP contribution in [0.3, 0.4) is 0 Å². The van der Waals surface area contributed by atoms with Gasteiger partial charge < -0.3 is 4.98 Å². The number of hydrogen-bond acceptors (Lipinski definition) is 4. The zero-order chi connectivity index (χ0) is 22.5. The van der Waals surface area contributed by atoms with Gasteiger partial charge in [-0.1, -0.05) is 36.4 Å². The summed E-state index contributed by atoms with van der Waals surface area (Å²) in [7, 11) is 0. The first-order valence-corrected chi connectivity index (χ1v) is 11.3. The third kappa shape index (κ3) is 3.80. The largest absolute Gasteiger partial charge is 0.416 e. The lowest BCUT2D eigenvalue weighted by atomic mass is 10.0. The van der Waals surface area contributed by atoms with Crippen LogP contribution in [0.4, 0.5) is 13.2 Å². The van der Waals surface area contributed by atoms with Crippen LogP contribution in [-0.4, -0.2) is 21.0 Å². The molecule has 4 nitrogen and oxygen atoms in total. The van der Waals surface area contributed by atoms with Gasteiger partial charge in [0.25, 0.3) is 5.56 Å². The van der Waals surface area contributed by atoms with Crippen molar-refractivity contribution < 1.29 is 13.2 Å². The van der Waals surface area contributed by atoms with Gasteiger partial charge in [0.2, 0.25) is 0 Å². The van der Waals surface area contributed by atoms with Crippen LogP contribution < -0.4 is 5.56 Å². The van der Waals surface area contributed by atoms with E-state index in [2.05, 4.69) is 22.0 Å². The summed E-state index contributed by atoms with van der Waals surface area (Å²) in [5, 5.41) is 0.523. The summed E-state index contributed by atoms with van der Waals surface area (Å²) in [5.41, 5.74) is 1.10. The molecule has 3 heterocycles. The van der Waals surface area contributed by atoms with E-state index in [-0.39, 0.29) is 16.0 Å². The predicted octanol–water partition coefficient (Wildman–Crippen LogP) is 5.69. The van der Waals surface area contributed by atoms with Crippen LogP contribution in [-0.2, 0) is 25.7 Å². The van der Waals surface area contributed by atoms with Crippen LogP contribution in [0.25, 0.3) is 15.9 Å². The molecule has 1 N–H and O–H groups in total. The molecular formula is C23H18F3N3OS2. The Hall–Kier alpha value is -2.75. The van der Waals surface area contributed by atoms with E-state index < -0.39 is 11.7 Å². The van der Waals surface area contributed by atoms with E-state index in [1.807, 2.05) is 18.2 Å². The third-order valence-electron chi connectivity index (χ3n) is 5.66. The second-order valence-electron chi connectivity index (χ2n) is 7.77. The van der Waals surface area contributed by atoms with Crippen LogP contribution >= 0.6 is 23.6 Å². The highest BCUT2D eigenvalue weighted by Gasteiger charge is 2.31. The van der Waals surface area contributed by atoms with Crippen molar-refractivity contribution in [1.29, 1.82) is 0 Å². The number of H-pyrrole nitrogens is 1. The quantitative estimate of drug-likeness (QED) is 0.389. The predicted molar refractivity (Wildman–Crippen MR) is 122 cm³/mol. The molecule has 0 aliphatic carbocycles. The number of aromatic amines is 1. The van der Waals surface area contributed by atoms with Crippen molar-refractivity contribution in [1.82, 2.24) is 14.5 Å². The van der Waals surface area contributed by atoms with Gasteiger partial charge in [0, 0.05) is 24.5 Å².